The van der Waals surface area contributed by atoms with E-state index in [0.29, 0.717) is 33.0 Å². The van der Waals surface area contributed by atoms with Crippen LogP contribution in [0.25, 0.3) is 11.1 Å². The van der Waals surface area contributed by atoms with Gasteiger partial charge in [-0.15, -0.1) is 0 Å². The highest BCUT2D eigenvalue weighted by Gasteiger charge is 2.15. The number of benzene rings is 2. The lowest BCUT2D eigenvalue weighted by atomic mass is 10.0. The Kier molecular flexibility index (Phi) is 13.0. The van der Waals surface area contributed by atoms with Gasteiger partial charge in [-0.1, -0.05) is 67.2 Å². The zero-order valence-electron chi connectivity index (χ0n) is 16.4. The van der Waals surface area contributed by atoms with Crippen LogP contribution in [0.2, 0.25) is 15.1 Å². The predicted molar refractivity (Wildman–Crippen MR) is 120 cm³/mol. The van der Waals surface area contributed by atoms with Crippen molar-refractivity contribution in [1.82, 2.24) is 5.32 Å². The van der Waals surface area contributed by atoms with E-state index in [2.05, 4.69) is 17.5 Å². The van der Waals surface area contributed by atoms with E-state index >= 15 is 0 Å². The molecule has 2 rings (SSSR count). The molecule has 0 bridgehead atoms. The van der Waals surface area contributed by atoms with Crippen molar-refractivity contribution in [2.45, 2.75) is 27.2 Å². The molecule has 0 aliphatic rings. The van der Waals surface area contributed by atoms with Gasteiger partial charge in [-0.2, -0.15) is 0 Å². The van der Waals surface area contributed by atoms with Crippen molar-refractivity contribution in [2.24, 2.45) is 5.73 Å². The number of nitrogens with two attached hydrogens (primary N) is 1. The van der Waals surface area contributed by atoms with Crippen LogP contribution in [0.1, 0.15) is 26.3 Å². The van der Waals surface area contributed by atoms with Gasteiger partial charge in [0.1, 0.15) is 5.75 Å². The Hall–Kier alpha value is -2.06. The topological polar surface area (TPSA) is 64.3 Å². The van der Waals surface area contributed by atoms with E-state index in [1.54, 1.807) is 31.3 Å². The molecular weight excluding hydrogens is 419 g/mol. The first-order chi connectivity index (χ1) is 13.4. The third-order valence-electron chi connectivity index (χ3n) is 3.34. The summed E-state index contributed by atoms with van der Waals surface area (Å²) in [4.78, 5) is 11.6. The van der Waals surface area contributed by atoms with Crippen molar-refractivity contribution in [3.63, 3.8) is 0 Å². The number of carbonyl (C=O) groups is 1. The smallest absolute Gasteiger partial charge is 0.224 e. The van der Waals surface area contributed by atoms with Crippen LogP contribution >= 0.6 is 34.8 Å². The van der Waals surface area contributed by atoms with Gasteiger partial charge < -0.3 is 15.8 Å². The number of terminal acetylenes is 1. The number of carbonyl (C=O) groups excluding carboxylic acids is 1. The van der Waals surface area contributed by atoms with Crippen molar-refractivity contribution in [3.05, 3.63) is 51.0 Å². The predicted octanol–water partition coefficient (Wildman–Crippen LogP) is 5.56. The average molecular weight is 444 g/mol. The summed E-state index contributed by atoms with van der Waals surface area (Å²) < 4.78 is 5.43. The van der Waals surface area contributed by atoms with Crippen LogP contribution in [0.4, 0.5) is 0 Å². The van der Waals surface area contributed by atoms with E-state index in [-0.39, 0.29) is 12.3 Å². The third kappa shape index (κ3) is 7.52. The molecule has 152 valence electrons. The Balaban J connectivity index is 0.00000133. The van der Waals surface area contributed by atoms with Crippen LogP contribution in [-0.4, -0.2) is 19.6 Å². The second kappa shape index (κ2) is 14.0. The monoisotopic (exact) mass is 442 g/mol. The highest BCUT2D eigenvalue weighted by atomic mass is 35.5. The standard InChI is InChI=1S/C17H16Cl3NO2.C2H3N.C2H6/c1-3-23-15-7-4-10(8-14(15)19)11-5-6-13(18)12(17(11)20)9-16(22)21-2;1-2-3;1-2/h4-8H,3,9H2,1-2H3,(H,21,22);1H,3H2;1-2H3. The minimum atomic E-state index is -0.157. The van der Waals surface area contributed by atoms with Crippen molar-refractivity contribution in [3.8, 4) is 29.3 Å². The second-order valence-corrected chi connectivity index (χ2v) is 6.17. The molecule has 0 radical (unpaired) electrons. The minimum Gasteiger partial charge on any atom is -0.492 e. The fourth-order valence-corrected chi connectivity index (χ4v) is 3.02. The molecule has 0 fully saturated rings. The molecule has 4 nitrogen and oxygen atoms in total. The number of amides is 1. The molecule has 0 heterocycles. The molecule has 0 aliphatic carbocycles. The van der Waals surface area contributed by atoms with Gasteiger partial charge in [-0.3, -0.25) is 4.79 Å². The van der Waals surface area contributed by atoms with Gasteiger partial charge in [0.25, 0.3) is 0 Å². The summed E-state index contributed by atoms with van der Waals surface area (Å²) in [6, 6.07) is 10.7. The van der Waals surface area contributed by atoms with Gasteiger partial charge >= 0.3 is 0 Å². The fraction of sp³-hybridized carbons (Fsp3) is 0.286. The Labute approximate surface area is 182 Å². The van der Waals surface area contributed by atoms with Crippen LogP contribution in [0.15, 0.2) is 30.3 Å². The summed E-state index contributed by atoms with van der Waals surface area (Å²) in [6.45, 7) is 6.43. The fourth-order valence-electron chi connectivity index (χ4n) is 2.17. The van der Waals surface area contributed by atoms with Crippen LogP contribution in [0.5, 0.6) is 5.75 Å². The van der Waals surface area contributed by atoms with Gasteiger partial charge in [0.15, 0.2) is 0 Å². The highest BCUT2D eigenvalue weighted by molar-refractivity contribution is 6.38. The van der Waals surface area contributed by atoms with Crippen LogP contribution < -0.4 is 15.8 Å². The number of nitrogens with one attached hydrogen (secondary N) is 1. The molecule has 0 aliphatic heterocycles. The molecule has 0 spiro atoms. The Morgan fingerprint density at radius 2 is 1.79 bits per heavy atom. The quantitative estimate of drug-likeness (QED) is 0.469. The first-order valence-corrected chi connectivity index (χ1v) is 9.79. The largest absolute Gasteiger partial charge is 0.492 e. The summed E-state index contributed by atoms with van der Waals surface area (Å²) in [6.07, 6.45) is 4.49. The first kappa shape index (κ1) is 25.9. The zero-order valence-corrected chi connectivity index (χ0v) is 18.7. The van der Waals surface area contributed by atoms with Crippen molar-refractivity contribution in [1.29, 1.82) is 0 Å². The van der Waals surface area contributed by atoms with Gasteiger partial charge in [0.05, 0.1) is 23.1 Å². The molecule has 28 heavy (non-hydrogen) atoms. The lowest BCUT2D eigenvalue weighted by Crippen LogP contribution is -2.20. The number of likely N-dealkylation sites (N-methyl/N-ethyl adjacent to an activating group) is 1. The van der Waals surface area contributed by atoms with E-state index < -0.39 is 0 Å². The lowest BCUT2D eigenvalue weighted by molar-refractivity contribution is -0.119. The molecule has 3 N–H and O–H groups in total. The van der Waals surface area contributed by atoms with E-state index in [4.69, 9.17) is 39.5 Å². The average Bonchev–Trinajstić information content (AvgIpc) is 2.69. The maximum Gasteiger partial charge on any atom is 0.224 e. The molecule has 2 aromatic carbocycles. The maximum atomic E-state index is 11.6. The zero-order chi connectivity index (χ0) is 21.7. The minimum absolute atomic E-state index is 0.118. The van der Waals surface area contributed by atoms with Gasteiger partial charge in [-0.05, 0) is 42.3 Å². The van der Waals surface area contributed by atoms with E-state index in [0.717, 1.165) is 11.1 Å². The number of hydrogen-bond acceptors (Lipinski definition) is 3. The summed E-state index contributed by atoms with van der Waals surface area (Å²) >= 11 is 18.9. The second-order valence-electron chi connectivity index (χ2n) is 4.98. The number of hydrogen-bond donors (Lipinski definition) is 2. The molecule has 0 unspecified atom stereocenters. The Bertz CT molecular complexity index is 818. The van der Waals surface area contributed by atoms with E-state index in [1.165, 1.54) is 0 Å². The lowest BCUT2D eigenvalue weighted by Gasteiger charge is -2.13. The molecule has 1 amide bonds. The molecule has 7 heteroatoms. The van der Waals surface area contributed by atoms with Gasteiger partial charge in [0.2, 0.25) is 5.91 Å². The number of rotatable bonds is 5. The molecule has 0 saturated heterocycles. The molecular formula is C21H25Cl3N2O2. The summed E-state index contributed by atoms with van der Waals surface area (Å²) in [5, 5.41) is 3.97. The number of ether oxygens (including phenoxy) is 1. The normalized spacial score (nSPS) is 9.07. The molecule has 0 atom stereocenters. The van der Waals surface area contributed by atoms with Crippen LogP contribution in [-0.2, 0) is 11.2 Å². The maximum absolute atomic E-state index is 11.6. The SMILES string of the molecule is C#CN.CC.CCOc1ccc(-c2ccc(Cl)c(CC(=O)NC)c2Cl)cc1Cl. The Morgan fingerprint density at radius 3 is 2.29 bits per heavy atom. The Morgan fingerprint density at radius 1 is 1.18 bits per heavy atom. The van der Waals surface area contributed by atoms with Crippen molar-refractivity contribution >= 4 is 40.7 Å². The molecule has 0 saturated carbocycles. The van der Waals surface area contributed by atoms with E-state index in [1.807, 2.05) is 32.9 Å². The van der Waals surface area contributed by atoms with Crippen LogP contribution in [0.3, 0.4) is 0 Å². The molecule has 2 aromatic rings. The van der Waals surface area contributed by atoms with Crippen LogP contribution in [0, 0.1) is 12.5 Å². The summed E-state index contributed by atoms with van der Waals surface area (Å²) in [7, 11) is 1.57. The van der Waals surface area contributed by atoms with Crippen molar-refractivity contribution in [2.75, 3.05) is 13.7 Å². The first-order valence-electron chi connectivity index (χ1n) is 8.65. The summed E-state index contributed by atoms with van der Waals surface area (Å²) in [5.74, 6) is 0.462. The highest BCUT2D eigenvalue weighted by Crippen LogP contribution is 2.37. The van der Waals surface area contributed by atoms with Gasteiger partial charge in [-0.25, -0.2) is 0 Å². The molecule has 0 aromatic heterocycles. The summed E-state index contributed by atoms with van der Waals surface area (Å²) in [5.41, 5.74) is 6.56. The van der Waals surface area contributed by atoms with E-state index in [9.17, 15) is 4.79 Å². The van der Waals surface area contributed by atoms with Gasteiger partial charge in [0, 0.05) is 17.6 Å². The van der Waals surface area contributed by atoms with Crippen molar-refractivity contribution < 1.29 is 9.53 Å². The number of halogens is 3. The third-order valence-corrected chi connectivity index (χ3v) is 4.43.